The Hall–Kier alpha value is -2.69. The molecule has 5 nitrogen and oxygen atoms in total. The smallest absolute Gasteiger partial charge is 0.356 e. The van der Waals surface area contributed by atoms with Gasteiger partial charge in [0, 0.05) is 0 Å². The molecule has 0 bridgehead atoms. The molecule has 0 fully saturated rings. The lowest BCUT2D eigenvalue weighted by Gasteiger charge is -2.00. The third-order valence-corrected chi connectivity index (χ3v) is 2.59. The number of hydrogen-bond acceptors (Lipinski definition) is 4. The van der Waals surface area contributed by atoms with E-state index >= 15 is 0 Å². The summed E-state index contributed by atoms with van der Waals surface area (Å²) in [5.74, 6) is 0. The van der Waals surface area contributed by atoms with E-state index in [-0.39, 0.29) is 6.01 Å². The van der Waals surface area contributed by atoms with Gasteiger partial charge in [0.1, 0.15) is 6.61 Å². The Morgan fingerprint density at radius 2 is 1.58 bits per heavy atom. The van der Waals surface area contributed by atoms with E-state index in [4.69, 9.17) is 4.74 Å². The molecule has 2 aromatic carbocycles. The minimum Gasteiger partial charge on any atom is -0.456 e. The molecule has 0 saturated carbocycles. The average molecular weight is 252 g/mol. The number of rotatable bonds is 4. The van der Waals surface area contributed by atoms with Gasteiger partial charge >= 0.3 is 6.01 Å². The molecule has 0 spiro atoms. The molecule has 94 valence electrons. The van der Waals surface area contributed by atoms with Crippen LogP contribution in [0.15, 0.2) is 60.7 Å². The molecule has 19 heavy (non-hydrogen) atoms. The zero-order valence-electron chi connectivity index (χ0n) is 10.2. The number of benzene rings is 2. The van der Waals surface area contributed by atoms with Gasteiger partial charge in [-0.3, -0.25) is 0 Å². The highest BCUT2D eigenvalue weighted by Gasteiger charge is 2.05. The fourth-order valence-electron chi connectivity index (χ4n) is 1.65. The van der Waals surface area contributed by atoms with E-state index in [1.165, 1.54) is 4.80 Å². The van der Waals surface area contributed by atoms with E-state index in [1.807, 2.05) is 60.7 Å². The highest BCUT2D eigenvalue weighted by Crippen LogP contribution is 2.08. The standard InChI is InChI=1S/C14H12N4O/c1-3-7-12(8-4-1)11-19-14-15-17-18(16-14)13-9-5-2-6-10-13/h1-10H,11H2. The maximum Gasteiger partial charge on any atom is 0.356 e. The Balaban J connectivity index is 1.69. The second kappa shape index (κ2) is 5.30. The highest BCUT2D eigenvalue weighted by atomic mass is 16.5. The van der Waals surface area contributed by atoms with Crippen LogP contribution in [0.25, 0.3) is 5.69 Å². The summed E-state index contributed by atoms with van der Waals surface area (Å²) in [4.78, 5) is 1.44. The van der Waals surface area contributed by atoms with Crippen molar-refractivity contribution in [3.05, 3.63) is 66.2 Å². The van der Waals surface area contributed by atoms with Gasteiger partial charge in [-0.05, 0) is 22.9 Å². The predicted molar refractivity (Wildman–Crippen MR) is 69.9 cm³/mol. The molecule has 0 amide bonds. The first-order valence-corrected chi connectivity index (χ1v) is 5.94. The fraction of sp³-hybridized carbons (Fsp3) is 0.0714. The Labute approximate surface area is 110 Å². The van der Waals surface area contributed by atoms with Crippen LogP contribution in [0, 0.1) is 0 Å². The Kier molecular flexibility index (Phi) is 3.18. The van der Waals surface area contributed by atoms with Crippen molar-refractivity contribution in [2.24, 2.45) is 0 Å². The average Bonchev–Trinajstić information content (AvgIpc) is 2.96. The summed E-state index contributed by atoms with van der Waals surface area (Å²) in [5.41, 5.74) is 1.92. The van der Waals surface area contributed by atoms with Crippen molar-refractivity contribution in [3.8, 4) is 11.7 Å². The van der Waals surface area contributed by atoms with Gasteiger partial charge in [0.25, 0.3) is 0 Å². The summed E-state index contributed by atoms with van der Waals surface area (Å²) in [6.45, 7) is 0.432. The molecule has 3 rings (SSSR count). The topological polar surface area (TPSA) is 52.8 Å². The lowest BCUT2D eigenvalue weighted by Crippen LogP contribution is -1.99. The summed E-state index contributed by atoms with van der Waals surface area (Å²) >= 11 is 0. The number of aromatic nitrogens is 4. The van der Waals surface area contributed by atoms with Crippen molar-refractivity contribution >= 4 is 0 Å². The lowest BCUT2D eigenvalue weighted by molar-refractivity contribution is 0.280. The molecule has 1 aromatic heterocycles. The molecule has 0 unspecified atom stereocenters. The molecule has 1 heterocycles. The number of nitrogens with zero attached hydrogens (tertiary/aromatic N) is 4. The Morgan fingerprint density at radius 3 is 2.32 bits per heavy atom. The second-order valence-electron chi connectivity index (χ2n) is 3.97. The number of ether oxygens (including phenoxy) is 1. The summed E-state index contributed by atoms with van der Waals surface area (Å²) in [6.07, 6.45) is 0. The molecule has 0 aliphatic carbocycles. The molecule has 0 aliphatic heterocycles. The third kappa shape index (κ3) is 2.77. The van der Waals surface area contributed by atoms with Gasteiger partial charge in [-0.25, -0.2) is 0 Å². The van der Waals surface area contributed by atoms with Gasteiger partial charge in [0.05, 0.1) is 5.69 Å². The zero-order valence-corrected chi connectivity index (χ0v) is 10.2. The molecule has 0 atom stereocenters. The van der Waals surface area contributed by atoms with Crippen molar-refractivity contribution < 1.29 is 4.74 Å². The highest BCUT2D eigenvalue weighted by molar-refractivity contribution is 5.28. The van der Waals surface area contributed by atoms with Crippen molar-refractivity contribution in [1.82, 2.24) is 20.2 Å². The van der Waals surface area contributed by atoms with E-state index in [9.17, 15) is 0 Å². The molecule has 3 aromatic rings. The van der Waals surface area contributed by atoms with Crippen LogP contribution in [0.1, 0.15) is 5.56 Å². The van der Waals surface area contributed by atoms with Crippen molar-refractivity contribution in [1.29, 1.82) is 0 Å². The fourth-order valence-corrected chi connectivity index (χ4v) is 1.65. The van der Waals surface area contributed by atoms with Gasteiger partial charge in [-0.2, -0.15) is 0 Å². The maximum absolute atomic E-state index is 5.49. The molecule has 0 radical (unpaired) electrons. The van der Waals surface area contributed by atoms with Crippen LogP contribution in [0.2, 0.25) is 0 Å². The van der Waals surface area contributed by atoms with Crippen LogP contribution in [-0.4, -0.2) is 20.2 Å². The Morgan fingerprint density at radius 1 is 0.895 bits per heavy atom. The van der Waals surface area contributed by atoms with Crippen LogP contribution in [0.4, 0.5) is 0 Å². The first kappa shape index (κ1) is 11.4. The van der Waals surface area contributed by atoms with Crippen LogP contribution >= 0.6 is 0 Å². The number of hydrogen-bond donors (Lipinski definition) is 0. The van der Waals surface area contributed by atoms with Gasteiger partial charge in [0.15, 0.2) is 0 Å². The van der Waals surface area contributed by atoms with Crippen LogP contribution in [0.5, 0.6) is 6.01 Å². The van der Waals surface area contributed by atoms with E-state index < -0.39 is 0 Å². The normalized spacial score (nSPS) is 10.3. The van der Waals surface area contributed by atoms with E-state index in [0.29, 0.717) is 6.61 Å². The first-order chi connectivity index (χ1) is 9.42. The van der Waals surface area contributed by atoms with Crippen LogP contribution < -0.4 is 4.74 Å². The number of para-hydroxylation sites is 1. The van der Waals surface area contributed by atoms with E-state index in [0.717, 1.165) is 11.3 Å². The summed E-state index contributed by atoms with van der Waals surface area (Å²) < 4.78 is 5.49. The maximum atomic E-state index is 5.49. The van der Waals surface area contributed by atoms with Gasteiger partial charge in [0.2, 0.25) is 0 Å². The SMILES string of the molecule is c1ccc(COc2nnn(-c3ccccc3)n2)cc1. The predicted octanol–water partition coefficient (Wildman–Crippen LogP) is 2.24. The molecule has 0 N–H and O–H groups in total. The third-order valence-electron chi connectivity index (χ3n) is 2.59. The van der Waals surface area contributed by atoms with Crippen LogP contribution in [-0.2, 0) is 6.61 Å². The summed E-state index contributed by atoms with van der Waals surface area (Å²) in [5, 5.41) is 12.0. The van der Waals surface area contributed by atoms with Crippen molar-refractivity contribution in [3.63, 3.8) is 0 Å². The van der Waals surface area contributed by atoms with Crippen LogP contribution in [0.3, 0.4) is 0 Å². The quantitative estimate of drug-likeness (QED) is 0.714. The lowest BCUT2D eigenvalue weighted by atomic mass is 10.2. The van der Waals surface area contributed by atoms with Crippen molar-refractivity contribution in [2.75, 3.05) is 0 Å². The van der Waals surface area contributed by atoms with E-state index in [2.05, 4.69) is 15.4 Å². The summed E-state index contributed by atoms with van der Waals surface area (Å²) in [7, 11) is 0. The largest absolute Gasteiger partial charge is 0.456 e. The zero-order chi connectivity index (χ0) is 12.9. The molecule has 5 heteroatoms. The molecule has 0 saturated heterocycles. The van der Waals surface area contributed by atoms with Crippen molar-refractivity contribution in [2.45, 2.75) is 6.61 Å². The first-order valence-electron chi connectivity index (χ1n) is 5.94. The molecule has 0 aliphatic rings. The molecular weight excluding hydrogens is 240 g/mol. The van der Waals surface area contributed by atoms with Gasteiger partial charge in [-0.1, -0.05) is 58.7 Å². The molecular formula is C14H12N4O. The minimum atomic E-state index is 0.271. The van der Waals surface area contributed by atoms with Gasteiger partial charge in [-0.15, -0.1) is 4.80 Å². The second-order valence-corrected chi connectivity index (χ2v) is 3.97. The summed E-state index contributed by atoms with van der Waals surface area (Å²) in [6, 6.07) is 19.7. The van der Waals surface area contributed by atoms with E-state index in [1.54, 1.807) is 0 Å². The van der Waals surface area contributed by atoms with Gasteiger partial charge < -0.3 is 4.74 Å². The monoisotopic (exact) mass is 252 g/mol. The minimum absolute atomic E-state index is 0.271. The number of tetrazole rings is 1. The Bertz CT molecular complexity index is 637.